The van der Waals surface area contributed by atoms with Crippen LogP contribution in [0.4, 0.5) is 11.4 Å². The van der Waals surface area contributed by atoms with E-state index in [1.807, 2.05) is 37.3 Å². The van der Waals surface area contributed by atoms with Crippen LogP contribution in [0, 0.1) is 17.0 Å². The molecule has 0 aliphatic rings. The average Bonchev–Trinajstić information content (AvgIpc) is 2.69. The van der Waals surface area contributed by atoms with E-state index in [0.717, 1.165) is 31.3 Å². The summed E-state index contributed by atoms with van der Waals surface area (Å²) in [5.74, 6) is 0.638. The molecule has 0 amide bonds. The van der Waals surface area contributed by atoms with Crippen LogP contribution in [0.25, 0.3) is 0 Å². The van der Waals surface area contributed by atoms with Crippen molar-refractivity contribution in [3.63, 3.8) is 0 Å². The first-order valence-electron chi connectivity index (χ1n) is 8.49. The van der Waals surface area contributed by atoms with Crippen molar-refractivity contribution in [1.29, 1.82) is 0 Å². The number of non-ortho nitro benzene ring substituents is 1. The number of rotatable bonds is 6. The van der Waals surface area contributed by atoms with Crippen molar-refractivity contribution in [2.24, 2.45) is 4.99 Å². The SMILES string of the molecule is Cc1c(Cl)cccc1N=Cc1cc(Br)c(OCc2ccc([N+](=O)[O-])cc2)c(Br)c1. The van der Waals surface area contributed by atoms with Gasteiger partial charge >= 0.3 is 0 Å². The van der Waals surface area contributed by atoms with Crippen molar-refractivity contribution >= 4 is 61.1 Å². The van der Waals surface area contributed by atoms with Gasteiger partial charge in [0, 0.05) is 23.4 Å². The van der Waals surface area contributed by atoms with Crippen molar-refractivity contribution < 1.29 is 9.66 Å². The molecule has 0 N–H and O–H groups in total. The fourth-order valence-corrected chi connectivity index (χ4v) is 4.16. The molecule has 0 atom stereocenters. The van der Waals surface area contributed by atoms with Crippen LogP contribution in [0.2, 0.25) is 5.02 Å². The molecule has 0 radical (unpaired) electrons. The van der Waals surface area contributed by atoms with Crippen molar-refractivity contribution in [2.45, 2.75) is 13.5 Å². The molecule has 0 bridgehead atoms. The highest BCUT2D eigenvalue weighted by Crippen LogP contribution is 2.35. The Morgan fingerprint density at radius 3 is 2.41 bits per heavy atom. The van der Waals surface area contributed by atoms with E-state index >= 15 is 0 Å². The van der Waals surface area contributed by atoms with Gasteiger partial charge in [0.15, 0.2) is 0 Å². The number of hydrogen-bond donors (Lipinski definition) is 0. The van der Waals surface area contributed by atoms with Crippen LogP contribution in [0.1, 0.15) is 16.7 Å². The molecular weight excluding hydrogens is 524 g/mol. The van der Waals surface area contributed by atoms with Crippen molar-refractivity contribution in [2.75, 3.05) is 0 Å². The van der Waals surface area contributed by atoms with Gasteiger partial charge in [0.1, 0.15) is 12.4 Å². The lowest BCUT2D eigenvalue weighted by Crippen LogP contribution is -1.98. The predicted octanol–water partition coefficient (Wildman–Crippen LogP) is 7.41. The summed E-state index contributed by atoms with van der Waals surface area (Å²) in [6, 6.07) is 15.7. The van der Waals surface area contributed by atoms with E-state index in [1.165, 1.54) is 12.1 Å². The molecule has 0 fully saturated rings. The molecule has 0 aliphatic carbocycles. The number of benzene rings is 3. The molecule has 0 saturated heterocycles. The Balaban J connectivity index is 1.74. The van der Waals surface area contributed by atoms with Gasteiger partial charge in [-0.2, -0.15) is 0 Å². The Kier molecular flexibility index (Phi) is 7.05. The Hall–Kier alpha value is -2.22. The highest BCUT2D eigenvalue weighted by Gasteiger charge is 2.10. The number of nitrogens with zero attached hydrogens (tertiary/aromatic N) is 2. The van der Waals surface area contributed by atoms with E-state index in [4.69, 9.17) is 16.3 Å². The molecule has 148 valence electrons. The molecule has 0 spiro atoms. The van der Waals surface area contributed by atoms with E-state index in [0.29, 0.717) is 10.8 Å². The second-order valence-corrected chi connectivity index (χ2v) is 8.28. The molecule has 3 aromatic rings. The summed E-state index contributed by atoms with van der Waals surface area (Å²) in [7, 11) is 0. The normalized spacial score (nSPS) is 11.0. The van der Waals surface area contributed by atoms with Crippen LogP contribution < -0.4 is 4.74 Å². The van der Waals surface area contributed by atoms with E-state index < -0.39 is 4.92 Å². The van der Waals surface area contributed by atoms with Gasteiger partial charge in [0.05, 0.1) is 19.6 Å². The van der Waals surface area contributed by atoms with Crippen molar-refractivity contribution in [3.8, 4) is 5.75 Å². The van der Waals surface area contributed by atoms with Gasteiger partial charge in [-0.3, -0.25) is 15.1 Å². The number of nitro groups is 1. The van der Waals surface area contributed by atoms with E-state index in [2.05, 4.69) is 36.9 Å². The third kappa shape index (κ3) is 5.44. The monoisotopic (exact) mass is 536 g/mol. The van der Waals surface area contributed by atoms with Gasteiger partial charge in [0.25, 0.3) is 5.69 Å². The van der Waals surface area contributed by atoms with Crippen molar-refractivity contribution in [1.82, 2.24) is 0 Å². The van der Waals surface area contributed by atoms with Crippen LogP contribution in [0.3, 0.4) is 0 Å². The summed E-state index contributed by atoms with van der Waals surface area (Å²) in [6.45, 7) is 2.21. The van der Waals surface area contributed by atoms with E-state index in [1.54, 1.807) is 18.3 Å². The Morgan fingerprint density at radius 2 is 1.79 bits per heavy atom. The number of ether oxygens (including phenoxy) is 1. The second-order valence-electron chi connectivity index (χ2n) is 6.17. The highest BCUT2D eigenvalue weighted by atomic mass is 79.9. The molecule has 3 aromatic carbocycles. The summed E-state index contributed by atoms with van der Waals surface area (Å²) in [6.07, 6.45) is 1.76. The lowest BCUT2D eigenvalue weighted by molar-refractivity contribution is -0.384. The molecular formula is C21H15Br2ClN2O3. The second kappa shape index (κ2) is 9.52. The average molecular weight is 539 g/mol. The Labute approximate surface area is 189 Å². The minimum atomic E-state index is -0.428. The maximum Gasteiger partial charge on any atom is 0.269 e. The molecule has 8 heteroatoms. The standard InChI is InChI=1S/C21H15Br2ClN2O3/c1-13-19(24)3-2-4-20(13)25-11-15-9-17(22)21(18(23)10-15)29-12-14-5-7-16(8-6-14)26(27)28/h2-11H,12H2,1H3. The first-order valence-corrected chi connectivity index (χ1v) is 10.5. The van der Waals surface area contributed by atoms with Crippen LogP contribution in [-0.2, 0) is 6.61 Å². The summed E-state index contributed by atoms with van der Waals surface area (Å²) < 4.78 is 7.41. The number of nitro benzene ring substituents is 1. The smallest absolute Gasteiger partial charge is 0.269 e. The van der Waals surface area contributed by atoms with Crippen LogP contribution in [-0.4, -0.2) is 11.1 Å². The number of aliphatic imine (C=N–C) groups is 1. The summed E-state index contributed by atoms with van der Waals surface area (Å²) in [4.78, 5) is 14.8. The van der Waals surface area contributed by atoms with E-state index in [9.17, 15) is 10.1 Å². The fourth-order valence-electron chi connectivity index (χ4n) is 2.54. The van der Waals surface area contributed by atoms with Gasteiger partial charge in [-0.05, 0) is 91.9 Å². The van der Waals surface area contributed by atoms with Crippen LogP contribution in [0.5, 0.6) is 5.75 Å². The fraction of sp³-hybridized carbons (Fsp3) is 0.0952. The number of halogens is 3. The van der Waals surface area contributed by atoms with Crippen LogP contribution >= 0.6 is 43.5 Å². The largest absolute Gasteiger partial charge is 0.487 e. The van der Waals surface area contributed by atoms with E-state index in [-0.39, 0.29) is 12.3 Å². The summed E-state index contributed by atoms with van der Waals surface area (Å²) in [5, 5.41) is 11.4. The van der Waals surface area contributed by atoms with Crippen molar-refractivity contribution in [3.05, 3.63) is 95.4 Å². The third-order valence-electron chi connectivity index (χ3n) is 4.14. The lowest BCUT2D eigenvalue weighted by atomic mass is 10.2. The molecule has 0 aliphatic heterocycles. The Morgan fingerprint density at radius 1 is 1.14 bits per heavy atom. The maximum atomic E-state index is 10.7. The molecule has 0 unspecified atom stereocenters. The first-order chi connectivity index (χ1) is 13.8. The first kappa shape index (κ1) is 21.5. The predicted molar refractivity (Wildman–Crippen MR) is 123 cm³/mol. The third-order valence-corrected chi connectivity index (χ3v) is 5.73. The quantitative estimate of drug-likeness (QED) is 0.186. The summed E-state index contributed by atoms with van der Waals surface area (Å²) in [5.41, 5.74) is 3.49. The molecule has 29 heavy (non-hydrogen) atoms. The summed E-state index contributed by atoms with van der Waals surface area (Å²) >= 11 is 13.2. The van der Waals surface area contributed by atoms with Gasteiger partial charge in [-0.15, -0.1) is 0 Å². The highest BCUT2D eigenvalue weighted by molar-refractivity contribution is 9.11. The zero-order valence-electron chi connectivity index (χ0n) is 15.2. The zero-order valence-corrected chi connectivity index (χ0v) is 19.2. The van der Waals surface area contributed by atoms with Gasteiger partial charge in [-0.25, -0.2) is 0 Å². The maximum absolute atomic E-state index is 10.7. The Bertz CT molecular complexity index is 1060. The van der Waals surface area contributed by atoms with Gasteiger partial charge in [-0.1, -0.05) is 17.7 Å². The molecule has 3 rings (SSSR count). The minimum Gasteiger partial charge on any atom is -0.487 e. The van der Waals surface area contributed by atoms with Gasteiger partial charge < -0.3 is 4.74 Å². The van der Waals surface area contributed by atoms with Gasteiger partial charge in [0.2, 0.25) is 0 Å². The number of hydrogen-bond acceptors (Lipinski definition) is 4. The lowest BCUT2D eigenvalue weighted by Gasteiger charge is -2.11. The molecule has 0 saturated carbocycles. The topological polar surface area (TPSA) is 64.7 Å². The van der Waals surface area contributed by atoms with Crippen LogP contribution in [0.15, 0.2) is 68.5 Å². The minimum absolute atomic E-state index is 0.0506. The molecule has 0 aromatic heterocycles. The molecule has 0 heterocycles. The zero-order chi connectivity index (χ0) is 21.0. The molecule has 5 nitrogen and oxygen atoms in total.